The number of anilines is 2. The Bertz CT molecular complexity index is 1060. The Morgan fingerprint density at radius 1 is 1.31 bits per heavy atom. The minimum Gasteiger partial charge on any atom is -0.465 e. The average molecular weight is 448 g/mol. The molecule has 0 saturated heterocycles. The Balaban J connectivity index is 1.42. The van der Waals surface area contributed by atoms with Gasteiger partial charge in [-0.25, -0.2) is 14.5 Å². The van der Waals surface area contributed by atoms with Gasteiger partial charge in [-0.2, -0.15) is 0 Å². The number of aryl methyl sites for hydroxylation is 1. The first-order valence-electron chi connectivity index (χ1n) is 8.98. The fraction of sp³-hybridized carbons (Fsp3) is 0.263. The highest BCUT2D eigenvalue weighted by Crippen LogP contribution is 2.39. The molecule has 0 amide bonds. The number of thiocarbonyl (C=S) groups is 1. The number of hydrogen-bond acceptors (Lipinski definition) is 6. The van der Waals surface area contributed by atoms with Crippen LogP contribution in [0.1, 0.15) is 32.8 Å². The standard InChI is InChI=1S/C19H18ClN5O2S2/c1-27-17(26)15-13-3-2-4-14(13)29-16(15)22-19(28)23-18-21-10-25(24-18)9-11-5-7-12(20)8-6-11/h5-8,10H,2-4,9H2,1H3,(H2,22,23,24,28). The second-order valence-electron chi connectivity index (χ2n) is 6.52. The number of rotatable bonds is 5. The molecule has 2 N–H and O–H groups in total. The number of ether oxygens (including phenoxy) is 1. The molecule has 10 heteroatoms. The number of carbonyl (C=O) groups excluding carboxylic acids is 1. The van der Waals surface area contributed by atoms with Crippen LogP contribution in [0.4, 0.5) is 10.9 Å². The van der Waals surface area contributed by atoms with Crippen molar-refractivity contribution in [3.63, 3.8) is 0 Å². The predicted molar refractivity (Wildman–Crippen MR) is 118 cm³/mol. The Hall–Kier alpha value is -2.49. The van der Waals surface area contributed by atoms with E-state index < -0.39 is 0 Å². The summed E-state index contributed by atoms with van der Waals surface area (Å²) in [6, 6.07) is 7.55. The van der Waals surface area contributed by atoms with Gasteiger partial charge in [-0.15, -0.1) is 16.4 Å². The molecule has 1 aliphatic carbocycles. The van der Waals surface area contributed by atoms with Crippen LogP contribution < -0.4 is 10.6 Å². The monoisotopic (exact) mass is 447 g/mol. The number of carbonyl (C=O) groups is 1. The SMILES string of the molecule is COC(=O)c1c(NC(=S)Nc2ncn(Cc3ccc(Cl)cc3)n2)sc2c1CCC2. The topological polar surface area (TPSA) is 81.1 Å². The van der Waals surface area contributed by atoms with Crippen LogP contribution in [0.3, 0.4) is 0 Å². The summed E-state index contributed by atoms with van der Waals surface area (Å²) in [5.41, 5.74) is 2.70. The number of esters is 1. The van der Waals surface area contributed by atoms with Crippen LogP contribution in [0.15, 0.2) is 30.6 Å². The lowest BCUT2D eigenvalue weighted by Crippen LogP contribution is -2.21. The average Bonchev–Trinajstić information content (AvgIpc) is 3.39. The van der Waals surface area contributed by atoms with Crippen LogP contribution in [-0.2, 0) is 24.1 Å². The van der Waals surface area contributed by atoms with Crippen molar-refractivity contribution in [1.82, 2.24) is 14.8 Å². The Labute approximate surface area is 182 Å². The van der Waals surface area contributed by atoms with Crippen molar-refractivity contribution in [3.8, 4) is 0 Å². The molecule has 3 aromatic rings. The molecule has 0 bridgehead atoms. The summed E-state index contributed by atoms with van der Waals surface area (Å²) in [5.74, 6) is 0.0280. The molecular formula is C19H18ClN5O2S2. The molecule has 0 radical (unpaired) electrons. The van der Waals surface area contributed by atoms with Crippen molar-refractivity contribution in [2.24, 2.45) is 0 Å². The molecular weight excluding hydrogens is 430 g/mol. The van der Waals surface area contributed by atoms with Gasteiger partial charge < -0.3 is 10.1 Å². The molecule has 2 heterocycles. The molecule has 29 heavy (non-hydrogen) atoms. The van der Waals surface area contributed by atoms with Crippen molar-refractivity contribution in [2.45, 2.75) is 25.8 Å². The van der Waals surface area contributed by atoms with Crippen molar-refractivity contribution in [3.05, 3.63) is 57.2 Å². The number of thiophene rings is 1. The second-order valence-corrected chi connectivity index (χ2v) is 8.47. The highest BCUT2D eigenvalue weighted by Gasteiger charge is 2.27. The molecule has 2 aromatic heterocycles. The minimum atomic E-state index is -0.347. The highest BCUT2D eigenvalue weighted by atomic mass is 35.5. The lowest BCUT2D eigenvalue weighted by atomic mass is 10.1. The van der Waals surface area contributed by atoms with Gasteiger partial charge in [0, 0.05) is 9.90 Å². The third-order valence-corrected chi connectivity index (χ3v) is 6.22. The third kappa shape index (κ3) is 4.42. The van der Waals surface area contributed by atoms with Gasteiger partial charge in [0.25, 0.3) is 0 Å². The summed E-state index contributed by atoms with van der Waals surface area (Å²) >= 11 is 12.8. The molecule has 7 nitrogen and oxygen atoms in total. The van der Waals surface area contributed by atoms with Gasteiger partial charge in [0.05, 0.1) is 19.2 Å². The van der Waals surface area contributed by atoms with Gasteiger partial charge in [0.1, 0.15) is 11.3 Å². The highest BCUT2D eigenvalue weighted by molar-refractivity contribution is 7.80. The van der Waals surface area contributed by atoms with E-state index in [-0.39, 0.29) is 5.97 Å². The molecule has 1 aromatic carbocycles. The fourth-order valence-corrected chi connectivity index (χ4v) is 4.92. The van der Waals surface area contributed by atoms with Crippen LogP contribution in [0.2, 0.25) is 5.02 Å². The van der Waals surface area contributed by atoms with Crippen LogP contribution in [0.25, 0.3) is 0 Å². The van der Waals surface area contributed by atoms with Crippen LogP contribution in [0, 0.1) is 0 Å². The maximum absolute atomic E-state index is 12.2. The first kappa shape index (κ1) is 19.8. The fourth-order valence-electron chi connectivity index (χ4n) is 3.25. The number of aromatic nitrogens is 3. The summed E-state index contributed by atoms with van der Waals surface area (Å²) in [5, 5.41) is 12.2. The minimum absolute atomic E-state index is 0.319. The number of halogens is 1. The number of nitrogens with one attached hydrogen (secondary N) is 2. The molecule has 150 valence electrons. The van der Waals surface area contributed by atoms with E-state index in [1.165, 1.54) is 12.0 Å². The summed E-state index contributed by atoms with van der Waals surface area (Å²) in [6.07, 6.45) is 4.54. The van der Waals surface area contributed by atoms with E-state index >= 15 is 0 Å². The first-order valence-corrected chi connectivity index (χ1v) is 10.6. The van der Waals surface area contributed by atoms with Crippen molar-refractivity contribution < 1.29 is 9.53 Å². The number of fused-ring (bicyclic) bond motifs is 1. The Kier molecular flexibility index (Phi) is 5.79. The van der Waals surface area contributed by atoms with E-state index in [9.17, 15) is 4.79 Å². The summed E-state index contributed by atoms with van der Waals surface area (Å²) in [7, 11) is 1.39. The van der Waals surface area contributed by atoms with Crippen molar-refractivity contribution in [2.75, 3.05) is 17.7 Å². The van der Waals surface area contributed by atoms with Gasteiger partial charge >= 0.3 is 5.97 Å². The molecule has 0 unspecified atom stereocenters. The number of nitrogens with zero attached hydrogens (tertiary/aromatic N) is 3. The number of hydrogen-bond donors (Lipinski definition) is 2. The third-order valence-electron chi connectivity index (χ3n) is 4.56. The van der Waals surface area contributed by atoms with Crippen LogP contribution >= 0.6 is 35.2 Å². The number of benzene rings is 1. The second kappa shape index (κ2) is 8.48. The summed E-state index contributed by atoms with van der Waals surface area (Å²) < 4.78 is 6.66. The van der Waals surface area contributed by atoms with Gasteiger partial charge in [0.2, 0.25) is 5.95 Å². The maximum atomic E-state index is 12.2. The zero-order chi connectivity index (χ0) is 20.4. The lowest BCUT2D eigenvalue weighted by Gasteiger charge is -2.09. The smallest absolute Gasteiger partial charge is 0.341 e. The summed E-state index contributed by atoms with van der Waals surface area (Å²) in [4.78, 5) is 17.7. The van der Waals surface area contributed by atoms with Crippen molar-refractivity contribution in [1.29, 1.82) is 0 Å². The Morgan fingerprint density at radius 3 is 2.86 bits per heavy atom. The van der Waals surface area contributed by atoms with Crippen molar-refractivity contribution >= 4 is 57.2 Å². The Morgan fingerprint density at radius 2 is 2.10 bits per heavy atom. The zero-order valence-electron chi connectivity index (χ0n) is 15.6. The van der Waals surface area contributed by atoms with Gasteiger partial charge in [-0.3, -0.25) is 5.32 Å². The van der Waals surface area contributed by atoms with Gasteiger partial charge in [-0.1, -0.05) is 23.7 Å². The zero-order valence-corrected chi connectivity index (χ0v) is 18.0. The number of methoxy groups -OCH3 is 1. The van der Waals surface area contributed by atoms with E-state index in [1.54, 1.807) is 22.3 Å². The van der Waals surface area contributed by atoms with E-state index in [0.717, 1.165) is 30.4 Å². The van der Waals surface area contributed by atoms with E-state index in [0.29, 0.717) is 33.2 Å². The molecule has 0 spiro atoms. The van der Waals surface area contributed by atoms with E-state index in [1.807, 2.05) is 24.3 Å². The molecule has 0 aliphatic heterocycles. The van der Waals surface area contributed by atoms with Gasteiger partial charge in [0.15, 0.2) is 5.11 Å². The molecule has 0 saturated carbocycles. The molecule has 0 atom stereocenters. The van der Waals surface area contributed by atoms with Gasteiger partial charge in [-0.05, 0) is 54.7 Å². The lowest BCUT2D eigenvalue weighted by molar-refractivity contribution is 0.0601. The maximum Gasteiger partial charge on any atom is 0.341 e. The quantitative estimate of drug-likeness (QED) is 0.449. The summed E-state index contributed by atoms with van der Waals surface area (Å²) in [6.45, 7) is 0.566. The van der Waals surface area contributed by atoms with Crippen LogP contribution in [0.5, 0.6) is 0 Å². The first-order chi connectivity index (χ1) is 14.0. The van der Waals surface area contributed by atoms with E-state index in [4.69, 9.17) is 28.6 Å². The largest absolute Gasteiger partial charge is 0.465 e. The van der Waals surface area contributed by atoms with E-state index in [2.05, 4.69) is 20.7 Å². The molecule has 1 aliphatic rings. The molecule has 4 rings (SSSR count). The molecule has 0 fully saturated rings. The predicted octanol–water partition coefficient (Wildman–Crippen LogP) is 4.13. The van der Waals surface area contributed by atoms with Crippen LogP contribution in [-0.4, -0.2) is 33.0 Å². The normalized spacial score (nSPS) is 12.5.